The number of aliphatic hydroxyl groups is 1. The van der Waals surface area contributed by atoms with Crippen LogP contribution in [0.25, 0.3) is 22.0 Å². The van der Waals surface area contributed by atoms with Crippen molar-refractivity contribution in [2.24, 2.45) is 5.92 Å². The smallest absolute Gasteiger partial charge is 0.231 e. The number of nitrogens with two attached hydrogens (primary N) is 1. The van der Waals surface area contributed by atoms with Gasteiger partial charge in [0.05, 0.1) is 17.3 Å². The van der Waals surface area contributed by atoms with E-state index in [1.165, 1.54) is 0 Å². The van der Waals surface area contributed by atoms with Crippen LogP contribution in [-0.4, -0.2) is 32.1 Å². The molecule has 7 nitrogen and oxygen atoms in total. The van der Waals surface area contributed by atoms with Crippen LogP contribution in [0.5, 0.6) is 0 Å². The summed E-state index contributed by atoms with van der Waals surface area (Å²) >= 11 is 0. The van der Waals surface area contributed by atoms with E-state index >= 15 is 0 Å². The lowest BCUT2D eigenvalue weighted by Gasteiger charge is -2.18. The number of anilines is 2. The highest BCUT2D eigenvalue weighted by molar-refractivity contribution is 5.98. The number of amides is 1. The third kappa shape index (κ3) is 3.75. The van der Waals surface area contributed by atoms with Gasteiger partial charge in [0, 0.05) is 23.3 Å². The Kier molecular flexibility index (Phi) is 4.46. The van der Waals surface area contributed by atoms with E-state index in [-0.39, 0.29) is 12.3 Å². The minimum absolute atomic E-state index is 0.257. The maximum atomic E-state index is 13.1. The molecule has 0 aromatic carbocycles. The molecule has 2 atom stereocenters. The Morgan fingerprint density at radius 2 is 2.00 bits per heavy atom. The van der Waals surface area contributed by atoms with E-state index in [1.54, 1.807) is 32.3 Å². The molecule has 1 saturated carbocycles. The highest BCUT2D eigenvalue weighted by Gasteiger charge is 2.43. The molecule has 3 heterocycles. The number of pyridine rings is 3. The van der Waals surface area contributed by atoms with E-state index in [1.807, 2.05) is 19.1 Å². The summed E-state index contributed by atoms with van der Waals surface area (Å²) in [5.74, 6) is -0.312. The molecule has 0 saturated heterocycles. The minimum atomic E-state index is -1.07. The molecule has 0 aliphatic heterocycles. The summed E-state index contributed by atoms with van der Waals surface area (Å²) in [6, 6.07) is 5.35. The maximum Gasteiger partial charge on any atom is 0.231 e. The fourth-order valence-electron chi connectivity index (χ4n) is 3.19. The van der Waals surface area contributed by atoms with Gasteiger partial charge in [0.25, 0.3) is 0 Å². The number of hydrogen-bond donors (Lipinski definition) is 3. The summed E-state index contributed by atoms with van der Waals surface area (Å²) in [6.45, 7) is 5.27. The first kappa shape index (κ1) is 19.2. The van der Waals surface area contributed by atoms with Gasteiger partial charge in [-0.05, 0) is 56.3 Å². The minimum Gasteiger partial charge on any atom is -0.384 e. The second-order valence-electron chi connectivity index (χ2n) is 7.97. The van der Waals surface area contributed by atoms with Crippen molar-refractivity contribution in [3.63, 3.8) is 0 Å². The van der Waals surface area contributed by atoms with E-state index in [9.17, 15) is 14.3 Å². The third-order valence-electron chi connectivity index (χ3n) is 5.06. The molecule has 3 aromatic rings. The van der Waals surface area contributed by atoms with Crippen LogP contribution in [0, 0.1) is 12.8 Å². The number of aromatic nitrogens is 3. The molecule has 0 spiro atoms. The van der Waals surface area contributed by atoms with E-state index < -0.39 is 17.7 Å². The van der Waals surface area contributed by atoms with Gasteiger partial charge in [-0.15, -0.1) is 0 Å². The van der Waals surface area contributed by atoms with Crippen LogP contribution in [0.1, 0.15) is 31.5 Å². The fraction of sp³-hybridized carbons (Fsp3) is 0.333. The molecule has 4 rings (SSSR count). The second kappa shape index (κ2) is 6.73. The highest BCUT2D eigenvalue weighted by Crippen LogP contribution is 2.35. The van der Waals surface area contributed by atoms with Crippen molar-refractivity contribution in [1.29, 1.82) is 0 Å². The number of hydrogen-bond acceptors (Lipinski definition) is 6. The number of carbonyl (C=O) groups excluding carboxylic acids is 1. The Morgan fingerprint density at radius 3 is 2.62 bits per heavy atom. The van der Waals surface area contributed by atoms with Gasteiger partial charge in [-0.3, -0.25) is 9.78 Å². The number of halogens is 1. The molecule has 1 amide bonds. The van der Waals surface area contributed by atoms with Gasteiger partial charge in [0.2, 0.25) is 5.91 Å². The van der Waals surface area contributed by atoms with Crippen LogP contribution in [0.15, 0.2) is 30.6 Å². The van der Waals surface area contributed by atoms with Gasteiger partial charge >= 0.3 is 0 Å². The zero-order chi connectivity index (χ0) is 20.9. The van der Waals surface area contributed by atoms with Crippen LogP contribution in [0.3, 0.4) is 0 Å². The first-order valence-corrected chi connectivity index (χ1v) is 9.34. The first-order chi connectivity index (χ1) is 13.6. The molecule has 0 bridgehead atoms. The first-order valence-electron chi connectivity index (χ1n) is 9.34. The lowest BCUT2D eigenvalue weighted by Crippen LogP contribution is -2.17. The quantitative estimate of drug-likeness (QED) is 0.625. The van der Waals surface area contributed by atoms with Crippen molar-refractivity contribution in [2.45, 2.75) is 39.0 Å². The standard InChI is InChI=1S/C21H22FN5O2/c1-10-4-17(21(2,3)29)24-8-13(10)16-5-11-6-18(25-9-14(11)19(23)26-16)27-20(28)12-7-15(12)22/h4-6,8-9,12,15,29H,7H2,1-3H3,(H2,23,26)(H,25,27,28). The van der Waals surface area contributed by atoms with Crippen LogP contribution >= 0.6 is 0 Å². The number of nitrogen functional groups attached to an aromatic ring is 1. The van der Waals surface area contributed by atoms with Crippen molar-refractivity contribution >= 4 is 28.3 Å². The lowest BCUT2D eigenvalue weighted by molar-refractivity contribution is -0.117. The summed E-state index contributed by atoms with van der Waals surface area (Å²) in [5, 5.41) is 14.2. The lowest BCUT2D eigenvalue weighted by atomic mass is 9.99. The molecule has 1 fully saturated rings. The molecule has 1 aliphatic rings. The molecule has 29 heavy (non-hydrogen) atoms. The van der Waals surface area contributed by atoms with Gasteiger partial charge in [-0.25, -0.2) is 14.4 Å². The Hall–Kier alpha value is -3.13. The Bertz CT molecular complexity index is 1130. The molecule has 1 aliphatic carbocycles. The number of nitrogens with zero attached hydrogens (tertiary/aromatic N) is 3. The van der Waals surface area contributed by atoms with Crippen molar-refractivity contribution in [3.05, 3.63) is 41.9 Å². The van der Waals surface area contributed by atoms with Gasteiger partial charge in [-0.1, -0.05) is 0 Å². The van der Waals surface area contributed by atoms with Crippen molar-refractivity contribution < 1.29 is 14.3 Å². The van der Waals surface area contributed by atoms with Crippen LogP contribution in [0.4, 0.5) is 16.0 Å². The Labute approximate surface area is 167 Å². The molecule has 150 valence electrons. The molecular formula is C21H22FN5O2. The van der Waals surface area contributed by atoms with Crippen LogP contribution < -0.4 is 11.1 Å². The number of alkyl halides is 1. The number of carbonyl (C=O) groups is 1. The molecule has 0 radical (unpaired) electrons. The number of aryl methyl sites for hydroxylation is 1. The van der Waals surface area contributed by atoms with E-state index in [0.717, 1.165) is 16.5 Å². The molecule has 2 unspecified atom stereocenters. The average molecular weight is 395 g/mol. The predicted molar refractivity (Wildman–Crippen MR) is 109 cm³/mol. The average Bonchev–Trinajstić information content (AvgIpc) is 3.37. The molecule has 4 N–H and O–H groups in total. The summed E-state index contributed by atoms with van der Waals surface area (Å²) in [4.78, 5) is 25.0. The predicted octanol–water partition coefficient (Wildman–Crippen LogP) is 3.11. The van der Waals surface area contributed by atoms with Crippen LogP contribution in [-0.2, 0) is 10.4 Å². The van der Waals surface area contributed by atoms with Gasteiger partial charge in [-0.2, -0.15) is 0 Å². The summed E-state index contributed by atoms with van der Waals surface area (Å²) in [7, 11) is 0. The van der Waals surface area contributed by atoms with Gasteiger partial charge < -0.3 is 16.2 Å². The summed E-state index contributed by atoms with van der Waals surface area (Å²) in [5.41, 5.74) is 7.95. The fourth-order valence-corrected chi connectivity index (χ4v) is 3.19. The molecule has 3 aromatic heterocycles. The van der Waals surface area contributed by atoms with Gasteiger partial charge in [0.1, 0.15) is 23.4 Å². The number of fused-ring (bicyclic) bond motifs is 1. The third-order valence-corrected chi connectivity index (χ3v) is 5.06. The van der Waals surface area contributed by atoms with E-state index in [4.69, 9.17) is 5.73 Å². The normalized spacial score (nSPS) is 18.7. The van der Waals surface area contributed by atoms with E-state index in [2.05, 4.69) is 20.3 Å². The number of nitrogens with one attached hydrogen (secondary N) is 1. The Morgan fingerprint density at radius 1 is 1.28 bits per heavy atom. The Balaban J connectivity index is 1.71. The zero-order valence-electron chi connectivity index (χ0n) is 16.4. The largest absolute Gasteiger partial charge is 0.384 e. The zero-order valence-corrected chi connectivity index (χ0v) is 16.4. The highest BCUT2D eigenvalue weighted by atomic mass is 19.1. The monoisotopic (exact) mass is 395 g/mol. The van der Waals surface area contributed by atoms with Crippen LogP contribution in [0.2, 0.25) is 0 Å². The SMILES string of the molecule is Cc1cc(C(C)(C)O)ncc1-c1cc2cc(NC(=O)C3CC3F)ncc2c(N)n1. The van der Waals surface area contributed by atoms with Crippen molar-refractivity contribution in [1.82, 2.24) is 15.0 Å². The molecule has 8 heteroatoms. The van der Waals surface area contributed by atoms with Gasteiger partial charge in [0.15, 0.2) is 0 Å². The van der Waals surface area contributed by atoms with Crippen molar-refractivity contribution in [3.8, 4) is 11.3 Å². The maximum absolute atomic E-state index is 13.1. The second-order valence-corrected chi connectivity index (χ2v) is 7.97. The van der Waals surface area contributed by atoms with Crippen molar-refractivity contribution in [2.75, 3.05) is 11.1 Å². The summed E-state index contributed by atoms with van der Waals surface area (Å²) in [6.07, 6.45) is 2.39. The number of rotatable bonds is 4. The summed E-state index contributed by atoms with van der Waals surface area (Å²) < 4.78 is 13.1. The van der Waals surface area contributed by atoms with E-state index in [0.29, 0.717) is 28.4 Å². The topological polar surface area (TPSA) is 114 Å². The molecular weight excluding hydrogens is 373 g/mol.